The fourth-order valence-electron chi connectivity index (χ4n) is 10.3. The lowest BCUT2D eigenvalue weighted by Crippen LogP contribution is -2.30. The molecule has 0 saturated carbocycles. The van der Waals surface area contributed by atoms with Gasteiger partial charge in [0.2, 0.25) is 0 Å². The third-order valence-corrected chi connectivity index (χ3v) is 18.1. The summed E-state index contributed by atoms with van der Waals surface area (Å²) in [7, 11) is -9.94. The highest BCUT2D eigenvalue weighted by Crippen LogP contribution is 2.45. The summed E-state index contributed by atoms with van der Waals surface area (Å²) in [4.78, 5) is 72.8. The van der Waals surface area contributed by atoms with Crippen LogP contribution in [0, 0.1) is 0 Å². The van der Waals surface area contributed by atoms with Crippen LogP contribution in [0.1, 0.15) is 336 Å². The minimum Gasteiger partial charge on any atom is -0.462 e. The Kier molecular flexibility index (Phi) is 67.4. The largest absolute Gasteiger partial charge is 0.472 e. The maximum atomic E-state index is 13.1. The Morgan fingerprint density at radius 2 is 0.542 bits per heavy atom. The maximum absolute atomic E-state index is 13.1. The van der Waals surface area contributed by atoms with Crippen LogP contribution in [0.3, 0.4) is 0 Å². The second-order valence-corrected chi connectivity index (χ2v) is 28.5. The molecule has 0 heterocycles. The minimum atomic E-state index is -4.98. The van der Waals surface area contributed by atoms with Gasteiger partial charge in [0.15, 0.2) is 12.2 Å². The van der Waals surface area contributed by atoms with Crippen LogP contribution in [0.25, 0.3) is 0 Å². The zero-order valence-corrected chi connectivity index (χ0v) is 62.6. The number of esters is 4. The Labute approximate surface area is 583 Å². The number of ether oxygens (including phenoxy) is 4. The summed E-state index contributed by atoms with van der Waals surface area (Å²) in [6, 6.07) is 0. The molecular weight excluding hydrogens is 1260 g/mol. The Morgan fingerprint density at radius 1 is 0.302 bits per heavy atom. The lowest BCUT2D eigenvalue weighted by Gasteiger charge is -2.21. The first-order valence-electron chi connectivity index (χ1n) is 38.2. The molecule has 0 aromatic heterocycles. The number of carbonyl (C=O) groups excluding carboxylic acids is 4. The quantitative estimate of drug-likeness (QED) is 0.0169. The molecule has 558 valence electrons. The molecular formula is C77H138O17P2. The third-order valence-electron chi connectivity index (χ3n) is 16.2. The Balaban J connectivity index is 5.34. The number of allylic oxidation sites excluding steroid dienone is 12. The molecule has 0 bridgehead atoms. The van der Waals surface area contributed by atoms with Crippen LogP contribution in [0.4, 0.5) is 0 Å². The van der Waals surface area contributed by atoms with Crippen molar-refractivity contribution >= 4 is 39.5 Å². The van der Waals surface area contributed by atoms with E-state index in [1.807, 2.05) is 0 Å². The first-order chi connectivity index (χ1) is 46.7. The van der Waals surface area contributed by atoms with Gasteiger partial charge in [-0.15, -0.1) is 0 Å². The fraction of sp³-hybridized carbons (Fsp3) is 0.792. The summed E-state index contributed by atoms with van der Waals surface area (Å²) in [5, 5.41) is 10.6. The molecule has 5 unspecified atom stereocenters. The number of aliphatic hydroxyl groups is 1. The number of hydrogen-bond donors (Lipinski definition) is 3. The standard InChI is InChI=1S/C77H138O17P2/c1-5-9-13-17-21-25-29-32-34-35-37-39-43-46-50-54-58-62-75(80)88-68-73(94-77(82)64-60-56-52-48-44-40-36-33-30-26-22-18-14-10-6-2)70-92-96(85,86)90-66-71(78)65-89-95(83,84)91-69-72(93-76(81)63-59-55-51-47-41-28-24-20-16-12-8-4)67-87-74(79)61-57-53-49-45-42-38-31-27-23-19-15-11-7-3/h9,13,21,25,27,31-34,36-37,39,71-73,78H,5-8,10-12,14-20,22-24,26,28-30,35,38,40-70H2,1-4H3,(H,83,84)(H,85,86)/b13-9-,25-21-,31-27-,34-32-,36-33-,39-37-. The van der Waals surface area contributed by atoms with Gasteiger partial charge in [-0.2, -0.15) is 0 Å². The van der Waals surface area contributed by atoms with Gasteiger partial charge in [-0.25, -0.2) is 9.13 Å². The molecule has 0 fully saturated rings. The number of rotatable bonds is 72. The van der Waals surface area contributed by atoms with E-state index in [0.29, 0.717) is 25.7 Å². The summed E-state index contributed by atoms with van der Waals surface area (Å²) in [5.74, 6) is -2.20. The highest BCUT2D eigenvalue weighted by molar-refractivity contribution is 7.47. The highest BCUT2D eigenvalue weighted by Gasteiger charge is 2.30. The fourth-order valence-corrected chi connectivity index (χ4v) is 11.9. The maximum Gasteiger partial charge on any atom is 0.472 e. The molecule has 5 atom stereocenters. The van der Waals surface area contributed by atoms with Crippen LogP contribution in [0.5, 0.6) is 0 Å². The summed E-state index contributed by atoms with van der Waals surface area (Å²) in [5.41, 5.74) is 0. The van der Waals surface area contributed by atoms with Gasteiger partial charge in [0.25, 0.3) is 0 Å². The number of hydrogen-bond acceptors (Lipinski definition) is 15. The van der Waals surface area contributed by atoms with Gasteiger partial charge in [0, 0.05) is 25.7 Å². The molecule has 0 aromatic rings. The van der Waals surface area contributed by atoms with Gasteiger partial charge in [0.1, 0.15) is 19.3 Å². The van der Waals surface area contributed by atoms with Crippen molar-refractivity contribution in [2.24, 2.45) is 0 Å². The van der Waals surface area contributed by atoms with E-state index in [4.69, 9.17) is 37.0 Å². The van der Waals surface area contributed by atoms with Gasteiger partial charge in [-0.3, -0.25) is 37.3 Å². The summed E-state index contributed by atoms with van der Waals surface area (Å²) in [6.07, 6.45) is 68.9. The zero-order valence-electron chi connectivity index (χ0n) is 60.8. The van der Waals surface area contributed by atoms with Crippen molar-refractivity contribution < 1.29 is 80.2 Å². The second-order valence-electron chi connectivity index (χ2n) is 25.6. The smallest absolute Gasteiger partial charge is 0.462 e. The number of unbranched alkanes of at least 4 members (excludes halogenated alkanes) is 34. The van der Waals surface area contributed by atoms with Crippen molar-refractivity contribution in [1.29, 1.82) is 0 Å². The van der Waals surface area contributed by atoms with Crippen molar-refractivity contribution in [2.45, 2.75) is 354 Å². The van der Waals surface area contributed by atoms with E-state index in [0.717, 1.165) is 154 Å². The normalized spacial score (nSPS) is 14.4. The molecule has 0 aromatic carbocycles. The lowest BCUT2D eigenvalue weighted by molar-refractivity contribution is -0.161. The van der Waals surface area contributed by atoms with Crippen LogP contribution in [-0.2, 0) is 65.4 Å². The molecule has 0 rings (SSSR count). The minimum absolute atomic E-state index is 0.0817. The predicted octanol–water partition coefficient (Wildman–Crippen LogP) is 21.7. The van der Waals surface area contributed by atoms with Gasteiger partial charge >= 0.3 is 39.5 Å². The van der Waals surface area contributed by atoms with E-state index in [2.05, 4.69) is 101 Å². The van der Waals surface area contributed by atoms with Crippen molar-refractivity contribution in [3.05, 3.63) is 72.9 Å². The topological polar surface area (TPSA) is 237 Å². The van der Waals surface area contributed by atoms with E-state index in [1.54, 1.807) is 0 Å². The van der Waals surface area contributed by atoms with E-state index >= 15 is 0 Å². The van der Waals surface area contributed by atoms with E-state index in [-0.39, 0.29) is 25.7 Å². The third kappa shape index (κ3) is 69.0. The molecule has 0 spiro atoms. The zero-order chi connectivity index (χ0) is 70.4. The number of carbonyl (C=O) groups is 4. The molecule has 0 aliphatic heterocycles. The average Bonchev–Trinajstić information content (AvgIpc) is 2.18. The van der Waals surface area contributed by atoms with E-state index in [1.165, 1.54) is 103 Å². The SMILES string of the molecule is CC/C=C\C/C=C\C/C=C\C/C=C\CCCCCCC(=O)OCC(COP(=O)(O)OCC(O)COP(=O)(O)OCC(COC(=O)CCCCCCC/C=C\CCCCCC)OC(=O)CCCCCCCCCCCCC)OC(=O)CCCCCCC/C=C\CCCCCCCC. The molecule has 0 aliphatic rings. The molecule has 96 heavy (non-hydrogen) atoms. The summed E-state index contributed by atoms with van der Waals surface area (Å²) in [6.45, 7) is 4.72. The monoisotopic (exact) mass is 1400 g/mol. The molecule has 0 saturated heterocycles. The Hall–Kier alpha value is -3.50. The summed E-state index contributed by atoms with van der Waals surface area (Å²) >= 11 is 0. The predicted molar refractivity (Wildman–Crippen MR) is 390 cm³/mol. The van der Waals surface area contributed by atoms with Gasteiger partial charge in [-0.05, 0) is 116 Å². The number of phosphoric acid groups is 2. The van der Waals surface area contributed by atoms with Crippen LogP contribution >= 0.6 is 15.6 Å². The second kappa shape index (κ2) is 70.0. The molecule has 19 heteroatoms. The number of aliphatic hydroxyl groups excluding tert-OH is 1. The lowest BCUT2D eigenvalue weighted by atomic mass is 10.1. The van der Waals surface area contributed by atoms with Crippen LogP contribution in [0.2, 0.25) is 0 Å². The molecule has 0 amide bonds. The highest BCUT2D eigenvalue weighted by atomic mass is 31.2. The van der Waals surface area contributed by atoms with Crippen molar-refractivity contribution in [1.82, 2.24) is 0 Å². The molecule has 3 N–H and O–H groups in total. The number of phosphoric ester groups is 2. The van der Waals surface area contributed by atoms with Crippen LogP contribution in [0.15, 0.2) is 72.9 Å². The summed E-state index contributed by atoms with van der Waals surface area (Å²) < 4.78 is 68.4. The van der Waals surface area contributed by atoms with Gasteiger partial charge < -0.3 is 33.8 Å². The Morgan fingerprint density at radius 3 is 0.854 bits per heavy atom. The van der Waals surface area contributed by atoms with E-state index < -0.39 is 97.5 Å². The first-order valence-corrected chi connectivity index (χ1v) is 41.2. The molecule has 17 nitrogen and oxygen atoms in total. The molecule has 0 radical (unpaired) electrons. The van der Waals surface area contributed by atoms with Gasteiger partial charge in [-0.1, -0.05) is 268 Å². The molecule has 0 aliphatic carbocycles. The van der Waals surface area contributed by atoms with Gasteiger partial charge in [0.05, 0.1) is 26.4 Å². The van der Waals surface area contributed by atoms with Crippen molar-refractivity contribution in [3.8, 4) is 0 Å². The van der Waals surface area contributed by atoms with E-state index in [9.17, 15) is 43.2 Å². The first kappa shape index (κ1) is 92.5. The van der Waals surface area contributed by atoms with Crippen molar-refractivity contribution in [3.63, 3.8) is 0 Å². The Bertz CT molecular complexity index is 2110. The van der Waals surface area contributed by atoms with Crippen molar-refractivity contribution in [2.75, 3.05) is 39.6 Å². The van der Waals surface area contributed by atoms with Crippen LogP contribution in [-0.4, -0.2) is 96.7 Å². The average molecular weight is 1400 g/mol. The van der Waals surface area contributed by atoms with Crippen LogP contribution < -0.4 is 0 Å².